The van der Waals surface area contributed by atoms with E-state index in [9.17, 15) is 8.42 Å². The van der Waals surface area contributed by atoms with Gasteiger partial charge in [-0.05, 0) is 31.4 Å². The molecule has 3 nitrogen and oxygen atoms in total. The number of para-hydroxylation sites is 1. The SMILES string of the molecule is CCN(c1ccccc1C)S(=O)(=O)CC(C)CCl. The average Bonchev–Trinajstić information content (AvgIpc) is 2.31. The van der Waals surface area contributed by atoms with Crippen molar-refractivity contribution < 1.29 is 8.42 Å². The van der Waals surface area contributed by atoms with E-state index in [2.05, 4.69) is 0 Å². The van der Waals surface area contributed by atoms with E-state index in [0.29, 0.717) is 12.4 Å². The lowest BCUT2D eigenvalue weighted by atomic mass is 10.2. The third-order valence-electron chi connectivity index (χ3n) is 2.77. The maximum absolute atomic E-state index is 12.4. The maximum Gasteiger partial charge on any atom is 0.235 e. The summed E-state index contributed by atoms with van der Waals surface area (Å²) in [5.41, 5.74) is 1.71. The number of anilines is 1. The molecule has 0 aromatic heterocycles. The van der Waals surface area contributed by atoms with Crippen LogP contribution in [0.25, 0.3) is 0 Å². The molecular formula is C13H20ClNO2S. The zero-order chi connectivity index (χ0) is 13.8. The van der Waals surface area contributed by atoms with E-state index in [1.54, 1.807) is 0 Å². The minimum absolute atomic E-state index is 0.0465. The summed E-state index contributed by atoms with van der Waals surface area (Å²) in [7, 11) is -3.31. The van der Waals surface area contributed by atoms with Crippen LogP contribution in [0.4, 0.5) is 5.69 Å². The zero-order valence-corrected chi connectivity index (χ0v) is 12.6. The Morgan fingerprint density at radius 1 is 1.33 bits per heavy atom. The third kappa shape index (κ3) is 3.62. The first kappa shape index (κ1) is 15.3. The topological polar surface area (TPSA) is 37.4 Å². The molecule has 102 valence electrons. The van der Waals surface area contributed by atoms with Crippen LogP contribution >= 0.6 is 11.6 Å². The molecule has 0 aliphatic rings. The van der Waals surface area contributed by atoms with Crippen LogP contribution in [0, 0.1) is 12.8 Å². The average molecular weight is 290 g/mol. The number of alkyl halides is 1. The predicted octanol–water partition coefficient (Wildman–Crippen LogP) is 3.03. The van der Waals surface area contributed by atoms with Crippen LogP contribution in [0.1, 0.15) is 19.4 Å². The Hall–Kier alpha value is -0.740. The highest BCUT2D eigenvalue weighted by Gasteiger charge is 2.24. The first-order chi connectivity index (χ1) is 8.42. The van der Waals surface area contributed by atoms with Crippen molar-refractivity contribution in [2.24, 2.45) is 5.92 Å². The number of sulfonamides is 1. The lowest BCUT2D eigenvalue weighted by molar-refractivity contribution is 0.579. The molecule has 0 spiro atoms. The fraction of sp³-hybridized carbons (Fsp3) is 0.538. The van der Waals surface area contributed by atoms with E-state index in [4.69, 9.17) is 11.6 Å². The summed E-state index contributed by atoms with van der Waals surface area (Å²) in [6.45, 7) is 6.03. The van der Waals surface area contributed by atoms with E-state index in [1.165, 1.54) is 4.31 Å². The Bertz CT molecular complexity index is 488. The van der Waals surface area contributed by atoms with Gasteiger partial charge in [0.25, 0.3) is 0 Å². The van der Waals surface area contributed by atoms with Crippen LogP contribution in [0.2, 0.25) is 0 Å². The standard InChI is InChI=1S/C13H20ClNO2S/c1-4-15(13-8-6-5-7-12(13)3)18(16,17)10-11(2)9-14/h5-8,11H,4,9-10H2,1-3H3. The largest absolute Gasteiger partial charge is 0.270 e. The van der Waals surface area contributed by atoms with Gasteiger partial charge in [0.15, 0.2) is 0 Å². The van der Waals surface area contributed by atoms with Gasteiger partial charge >= 0.3 is 0 Å². The molecule has 1 aromatic rings. The number of rotatable bonds is 6. The molecule has 0 saturated carbocycles. The van der Waals surface area contributed by atoms with Gasteiger partial charge in [0.05, 0.1) is 11.4 Å². The molecule has 5 heteroatoms. The van der Waals surface area contributed by atoms with Gasteiger partial charge in [-0.25, -0.2) is 8.42 Å². The molecule has 0 aliphatic heterocycles. The summed E-state index contributed by atoms with van der Waals surface area (Å²) in [4.78, 5) is 0. The molecule has 1 aromatic carbocycles. The van der Waals surface area contributed by atoms with Crippen LogP contribution in [0.5, 0.6) is 0 Å². The first-order valence-electron chi connectivity index (χ1n) is 6.04. The highest BCUT2D eigenvalue weighted by atomic mass is 35.5. The maximum atomic E-state index is 12.4. The second-order valence-corrected chi connectivity index (χ2v) is 6.74. The number of hydrogen-bond donors (Lipinski definition) is 0. The monoisotopic (exact) mass is 289 g/mol. The molecule has 0 heterocycles. The van der Waals surface area contributed by atoms with Crippen molar-refractivity contribution in [3.63, 3.8) is 0 Å². The first-order valence-corrected chi connectivity index (χ1v) is 8.18. The van der Waals surface area contributed by atoms with E-state index < -0.39 is 10.0 Å². The fourth-order valence-corrected chi connectivity index (χ4v) is 4.01. The van der Waals surface area contributed by atoms with Gasteiger partial charge in [-0.2, -0.15) is 0 Å². The minimum atomic E-state index is -3.31. The molecule has 0 radical (unpaired) electrons. The van der Waals surface area contributed by atoms with E-state index in [1.807, 2.05) is 45.0 Å². The molecule has 1 rings (SSSR count). The molecule has 0 saturated heterocycles. The van der Waals surface area contributed by atoms with E-state index in [0.717, 1.165) is 11.3 Å². The third-order valence-corrected chi connectivity index (χ3v) is 5.41. The van der Waals surface area contributed by atoms with Gasteiger partial charge in [0.1, 0.15) is 0 Å². The van der Waals surface area contributed by atoms with Gasteiger partial charge in [-0.15, -0.1) is 11.6 Å². The van der Waals surface area contributed by atoms with Gasteiger partial charge in [-0.3, -0.25) is 4.31 Å². The minimum Gasteiger partial charge on any atom is -0.270 e. The summed E-state index contributed by atoms with van der Waals surface area (Å²) >= 11 is 5.70. The summed E-state index contributed by atoms with van der Waals surface area (Å²) in [5.74, 6) is 0.387. The Balaban J connectivity index is 3.07. The molecule has 1 unspecified atom stereocenters. The Morgan fingerprint density at radius 2 is 1.94 bits per heavy atom. The van der Waals surface area contributed by atoms with Crippen LogP contribution in [-0.2, 0) is 10.0 Å². The molecule has 0 aliphatic carbocycles. The van der Waals surface area contributed by atoms with Crippen LogP contribution < -0.4 is 4.31 Å². The van der Waals surface area contributed by atoms with Crippen LogP contribution in [0.3, 0.4) is 0 Å². The Labute approximate surface area is 115 Å². The summed E-state index contributed by atoms with van der Waals surface area (Å²) in [6.07, 6.45) is 0. The second kappa shape index (κ2) is 6.43. The number of nitrogens with zero attached hydrogens (tertiary/aromatic N) is 1. The van der Waals surface area contributed by atoms with Crippen LogP contribution in [0.15, 0.2) is 24.3 Å². The van der Waals surface area contributed by atoms with Crippen molar-refractivity contribution in [2.45, 2.75) is 20.8 Å². The number of benzene rings is 1. The summed E-state index contributed by atoms with van der Waals surface area (Å²) in [5, 5.41) is 0. The molecular weight excluding hydrogens is 270 g/mol. The van der Waals surface area contributed by atoms with Crippen molar-refractivity contribution in [1.29, 1.82) is 0 Å². The fourth-order valence-electron chi connectivity index (χ4n) is 1.85. The second-order valence-electron chi connectivity index (χ2n) is 4.49. The Morgan fingerprint density at radius 3 is 2.44 bits per heavy atom. The smallest absolute Gasteiger partial charge is 0.235 e. The van der Waals surface area contributed by atoms with Gasteiger partial charge in [0.2, 0.25) is 10.0 Å². The van der Waals surface area contributed by atoms with Gasteiger partial charge < -0.3 is 0 Å². The number of hydrogen-bond acceptors (Lipinski definition) is 2. The number of aryl methyl sites for hydroxylation is 1. The quantitative estimate of drug-likeness (QED) is 0.755. The lowest BCUT2D eigenvalue weighted by Gasteiger charge is -2.25. The zero-order valence-electron chi connectivity index (χ0n) is 11.1. The lowest BCUT2D eigenvalue weighted by Crippen LogP contribution is -2.35. The summed E-state index contributed by atoms with van der Waals surface area (Å²) in [6, 6.07) is 7.51. The highest BCUT2D eigenvalue weighted by Crippen LogP contribution is 2.23. The molecule has 0 N–H and O–H groups in total. The van der Waals surface area contributed by atoms with Crippen molar-refractivity contribution in [3.05, 3.63) is 29.8 Å². The van der Waals surface area contributed by atoms with Crippen molar-refractivity contribution >= 4 is 27.3 Å². The molecule has 0 amide bonds. The summed E-state index contributed by atoms with van der Waals surface area (Å²) < 4.78 is 26.2. The van der Waals surface area contributed by atoms with Crippen molar-refractivity contribution in [1.82, 2.24) is 0 Å². The molecule has 0 bridgehead atoms. The number of halogens is 1. The normalized spacial score (nSPS) is 13.3. The van der Waals surface area contributed by atoms with Gasteiger partial charge in [-0.1, -0.05) is 25.1 Å². The van der Waals surface area contributed by atoms with E-state index >= 15 is 0 Å². The highest BCUT2D eigenvalue weighted by molar-refractivity contribution is 7.92. The van der Waals surface area contributed by atoms with E-state index in [-0.39, 0.29) is 11.7 Å². The molecule has 18 heavy (non-hydrogen) atoms. The van der Waals surface area contributed by atoms with Crippen molar-refractivity contribution in [3.8, 4) is 0 Å². The van der Waals surface area contributed by atoms with Crippen LogP contribution in [-0.4, -0.2) is 26.6 Å². The van der Waals surface area contributed by atoms with Gasteiger partial charge in [0, 0.05) is 12.4 Å². The molecule has 0 fully saturated rings. The predicted molar refractivity (Wildman–Crippen MR) is 77.9 cm³/mol. The molecule has 1 atom stereocenters. The van der Waals surface area contributed by atoms with Crippen molar-refractivity contribution in [2.75, 3.05) is 22.5 Å². The Kier molecular flexibility index (Phi) is 5.47.